The van der Waals surface area contributed by atoms with Gasteiger partial charge in [-0.1, -0.05) is 24.6 Å². The van der Waals surface area contributed by atoms with Gasteiger partial charge >= 0.3 is 0 Å². The number of halogens is 2. The van der Waals surface area contributed by atoms with Crippen molar-refractivity contribution in [2.45, 2.75) is 6.92 Å². The second-order valence-corrected chi connectivity index (χ2v) is 3.53. The van der Waals surface area contributed by atoms with Crippen LogP contribution < -0.4 is 0 Å². The Kier molecular flexibility index (Phi) is 2.98. The Morgan fingerprint density at radius 2 is 2.20 bits per heavy atom. The van der Waals surface area contributed by atoms with Crippen molar-refractivity contribution in [2.24, 2.45) is 0 Å². The van der Waals surface area contributed by atoms with Crippen LogP contribution in [0.25, 0.3) is 0 Å². The minimum atomic E-state index is 0.830. The van der Waals surface area contributed by atoms with Crippen molar-refractivity contribution in [1.29, 1.82) is 0 Å². The molecule has 0 N–H and O–H groups in total. The predicted molar refractivity (Wildman–Crippen MR) is 53.2 cm³/mol. The molecule has 10 heavy (non-hydrogen) atoms. The lowest BCUT2D eigenvalue weighted by Gasteiger charge is -1.97. The van der Waals surface area contributed by atoms with Crippen molar-refractivity contribution in [3.05, 3.63) is 38.8 Å². The van der Waals surface area contributed by atoms with Crippen LogP contribution in [0.1, 0.15) is 12.5 Å². The van der Waals surface area contributed by atoms with Crippen LogP contribution >= 0.6 is 34.2 Å². The molecule has 0 saturated heterocycles. The van der Waals surface area contributed by atoms with E-state index in [1.165, 1.54) is 5.56 Å². The summed E-state index contributed by atoms with van der Waals surface area (Å²) in [4.78, 5) is 0. The molecule has 0 bridgehead atoms. The molecule has 1 aromatic carbocycles. The number of hydrogen-bond donors (Lipinski definition) is 0. The van der Waals surface area contributed by atoms with Gasteiger partial charge in [0.25, 0.3) is 0 Å². The van der Waals surface area contributed by atoms with Crippen molar-refractivity contribution >= 4 is 34.2 Å². The number of hydrogen-bond acceptors (Lipinski definition) is 0. The normalized spacial score (nSPS) is 9.90. The van der Waals surface area contributed by atoms with Gasteiger partial charge in [-0.2, -0.15) is 0 Å². The second-order valence-electron chi connectivity index (χ2n) is 1.96. The fourth-order valence-electron chi connectivity index (χ4n) is 0.692. The Morgan fingerprint density at radius 3 is 2.70 bits per heavy atom. The SMILES string of the molecule is C[CH]c1ccc(I)c(Cl)c1. The molecule has 0 amide bonds. The molecule has 0 fully saturated rings. The first kappa shape index (κ1) is 8.34. The van der Waals surface area contributed by atoms with Crippen molar-refractivity contribution in [2.75, 3.05) is 0 Å². The van der Waals surface area contributed by atoms with E-state index in [0.717, 1.165) is 8.59 Å². The molecule has 0 aliphatic rings. The standard InChI is InChI=1S/C8H7ClI/c1-2-6-3-4-8(10)7(9)5-6/h2-5H,1H3. The number of rotatable bonds is 1. The third-order valence-corrected chi connectivity index (χ3v) is 2.85. The minimum absolute atomic E-state index is 0.830. The van der Waals surface area contributed by atoms with Crippen molar-refractivity contribution < 1.29 is 0 Å². The van der Waals surface area contributed by atoms with Crippen LogP contribution in [0.3, 0.4) is 0 Å². The summed E-state index contributed by atoms with van der Waals surface area (Å²) in [6.45, 7) is 2.00. The van der Waals surface area contributed by atoms with Gasteiger partial charge in [0.1, 0.15) is 0 Å². The van der Waals surface area contributed by atoms with E-state index in [9.17, 15) is 0 Å². The highest BCUT2D eigenvalue weighted by Crippen LogP contribution is 2.19. The predicted octanol–water partition coefficient (Wildman–Crippen LogP) is 3.52. The number of benzene rings is 1. The van der Waals surface area contributed by atoms with Crippen molar-refractivity contribution in [1.82, 2.24) is 0 Å². The maximum Gasteiger partial charge on any atom is 0.0542 e. The molecule has 0 atom stereocenters. The highest BCUT2D eigenvalue weighted by Gasteiger charge is 1.95. The molecule has 1 radical (unpaired) electrons. The van der Waals surface area contributed by atoms with E-state index in [1.54, 1.807) is 0 Å². The molecule has 0 aliphatic carbocycles. The second kappa shape index (κ2) is 3.58. The highest BCUT2D eigenvalue weighted by atomic mass is 127. The fourth-order valence-corrected chi connectivity index (χ4v) is 1.22. The van der Waals surface area contributed by atoms with E-state index in [1.807, 2.05) is 31.5 Å². The van der Waals surface area contributed by atoms with Crippen LogP contribution in [-0.2, 0) is 0 Å². The van der Waals surface area contributed by atoms with Gasteiger partial charge < -0.3 is 0 Å². The van der Waals surface area contributed by atoms with Crippen LogP contribution in [0.4, 0.5) is 0 Å². The lowest BCUT2D eigenvalue weighted by molar-refractivity contribution is 1.41. The van der Waals surface area contributed by atoms with Crippen LogP contribution in [0.5, 0.6) is 0 Å². The van der Waals surface area contributed by atoms with Gasteiger partial charge in [-0.05, 0) is 46.7 Å². The smallest absolute Gasteiger partial charge is 0.0542 e. The summed E-state index contributed by atoms with van der Waals surface area (Å²) >= 11 is 8.08. The third-order valence-electron chi connectivity index (χ3n) is 1.28. The molecular formula is C8H7ClI. The topological polar surface area (TPSA) is 0 Å². The first-order valence-electron chi connectivity index (χ1n) is 2.98. The summed E-state index contributed by atoms with van der Waals surface area (Å²) in [5.74, 6) is 0. The zero-order valence-corrected chi connectivity index (χ0v) is 8.48. The summed E-state index contributed by atoms with van der Waals surface area (Å²) in [6, 6.07) is 6.02. The molecule has 0 unspecified atom stereocenters. The largest absolute Gasteiger partial charge is 0.0832 e. The Morgan fingerprint density at radius 1 is 1.50 bits per heavy atom. The molecular weight excluding hydrogens is 258 g/mol. The molecule has 0 aromatic heterocycles. The Labute approximate surface area is 79.7 Å². The third kappa shape index (κ3) is 1.86. The Bertz CT molecular complexity index is 233. The fraction of sp³-hybridized carbons (Fsp3) is 0.125. The molecule has 1 aromatic rings. The maximum absolute atomic E-state index is 5.87. The molecule has 1 rings (SSSR count). The first-order chi connectivity index (χ1) is 4.74. The zero-order chi connectivity index (χ0) is 7.56. The van der Waals surface area contributed by atoms with Gasteiger partial charge in [0, 0.05) is 3.57 Å². The van der Waals surface area contributed by atoms with Gasteiger partial charge in [0.2, 0.25) is 0 Å². The summed E-state index contributed by atoms with van der Waals surface area (Å²) in [7, 11) is 0. The molecule has 0 nitrogen and oxygen atoms in total. The van der Waals surface area contributed by atoms with Crippen LogP contribution in [-0.4, -0.2) is 0 Å². The molecule has 0 heterocycles. The van der Waals surface area contributed by atoms with Gasteiger partial charge in [-0.3, -0.25) is 0 Å². The Hall–Kier alpha value is 0.240. The zero-order valence-electron chi connectivity index (χ0n) is 5.57. The molecule has 2 heteroatoms. The van der Waals surface area contributed by atoms with E-state index < -0.39 is 0 Å². The van der Waals surface area contributed by atoms with E-state index in [2.05, 4.69) is 22.6 Å². The van der Waals surface area contributed by atoms with Crippen molar-refractivity contribution in [3.8, 4) is 0 Å². The highest BCUT2D eigenvalue weighted by molar-refractivity contribution is 14.1. The van der Waals surface area contributed by atoms with Gasteiger partial charge in [-0.25, -0.2) is 0 Å². The Balaban J connectivity index is 3.04. The quantitative estimate of drug-likeness (QED) is 0.682. The average Bonchev–Trinajstić information content (AvgIpc) is 1.95. The molecule has 0 spiro atoms. The summed E-state index contributed by atoms with van der Waals surface area (Å²) in [5, 5.41) is 0.830. The van der Waals surface area contributed by atoms with Gasteiger partial charge in [0.05, 0.1) is 5.02 Å². The lowest BCUT2D eigenvalue weighted by Crippen LogP contribution is -1.78. The average molecular weight is 266 g/mol. The van der Waals surface area contributed by atoms with Crippen LogP contribution in [0.2, 0.25) is 5.02 Å². The summed E-state index contributed by atoms with van der Waals surface area (Å²) in [5.41, 5.74) is 1.17. The van der Waals surface area contributed by atoms with E-state index in [4.69, 9.17) is 11.6 Å². The van der Waals surface area contributed by atoms with E-state index >= 15 is 0 Å². The van der Waals surface area contributed by atoms with Gasteiger partial charge in [-0.15, -0.1) is 0 Å². The van der Waals surface area contributed by atoms with E-state index in [-0.39, 0.29) is 0 Å². The summed E-state index contributed by atoms with van der Waals surface area (Å²) in [6.07, 6.45) is 2.03. The summed E-state index contributed by atoms with van der Waals surface area (Å²) < 4.78 is 1.10. The maximum atomic E-state index is 5.87. The molecule has 0 aliphatic heterocycles. The van der Waals surface area contributed by atoms with Gasteiger partial charge in [0.15, 0.2) is 0 Å². The van der Waals surface area contributed by atoms with Crippen LogP contribution in [0.15, 0.2) is 18.2 Å². The van der Waals surface area contributed by atoms with Crippen molar-refractivity contribution in [3.63, 3.8) is 0 Å². The monoisotopic (exact) mass is 265 g/mol. The van der Waals surface area contributed by atoms with E-state index in [0.29, 0.717) is 0 Å². The molecule has 53 valence electrons. The van der Waals surface area contributed by atoms with Crippen LogP contribution in [0, 0.1) is 9.99 Å². The lowest BCUT2D eigenvalue weighted by atomic mass is 10.2. The minimum Gasteiger partial charge on any atom is -0.0832 e. The first-order valence-corrected chi connectivity index (χ1v) is 4.44. The molecule has 0 saturated carbocycles.